The Labute approximate surface area is 134 Å². The van der Waals surface area contributed by atoms with Crippen molar-refractivity contribution in [2.75, 3.05) is 6.61 Å². The molecule has 7 heteroatoms. The van der Waals surface area contributed by atoms with E-state index in [0.29, 0.717) is 5.75 Å². The van der Waals surface area contributed by atoms with Crippen LogP contribution in [0, 0.1) is 0 Å². The molecule has 1 saturated heterocycles. The smallest absolute Gasteiger partial charge is 0.223 e. The number of carbonyl (C=O) groups excluding carboxylic acids is 1. The van der Waals surface area contributed by atoms with E-state index in [1.54, 1.807) is 6.07 Å². The van der Waals surface area contributed by atoms with Gasteiger partial charge >= 0.3 is 0 Å². The average molecular weight is 325 g/mol. The molecule has 128 valence electrons. The van der Waals surface area contributed by atoms with Crippen LogP contribution in [-0.4, -0.2) is 58.5 Å². The standard InChI is InChI=1S/C16H23NO6/c1-3-10-5-4-6-11(7-10)22-16-13(17-9(2)19)15(21)14(20)12(8-18)23-16/h4-7,12-16,18,20-21H,3,8H2,1-2H3,(H,17,19)/t12-,13+,14+,15-,16-/m1/s1. The Kier molecular flexibility index (Phi) is 5.95. The van der Waals surface area contributed by atoms with Crippen LogP contribution in [0.1, 0.15) is 19.4 Å². The Morgan fingerprint density at radius 3 is 2.70 bits per heavy atom. The van der Waals surface area contributed by atoms with Gasteiger partial charge < -0.3 is 30.1 Å². The maximum atomic E-state index is 11.3. The highest BCUT2D eigenvalue weighted by atomic mass is 16.7. The second-order valence-electron chi connectivity index (χ2n) is 5.55. The van der Waals surface area contributed by atoms with Crippen LogP contribution in [0.4, 0.5) is 0 Å². The number of amides is 1. The van der Waals surface area contributed by atoms with Crippen molar-refractivity contribution >= 4 is 5.91 Å². The number of aliphatic hydroxyl groups is 3. The molecule has 5 atom stereocenters. The van der Waals surface area contributed by atoms with Crippen LogP contribution in [0.15, 0.2) is 24.3 Å². The Balaban J connectivity index is 2.21. The van der Waals surface area contributed by atoms with Crippen molar-refractivity contribution in [3.63, 3.8) is 0 Å². The van der Waals surface area contributed by atoms with E-state index in [4.69, 9.17) is 9.47 Å². The third kappa shape index (κ3) is 4.20. The van der Waals surface area contributed by atoms with Gasteiger partial charge in [0.1, 0.15) is 30.1 Å². The summed E-state index contributed by atoms with van der Waals surface area (Å²) in [7, 11) is 0. The fourth-order valence-electron chi connectivity index (χ4n) is 2.54. The first kappa shape index (κ1) is 17.7. The van der Waals surface area contributed by atoms with Gasteiger partial charge in [-0.05, 0) is 24.1 Å². The van der Waals surface area contributed by atoms with Crippen LogP contribution in [0.25, 0.3) is 0 Å². The topological polar surface area (TPSA) is 108 Å². The number of hydrogen-bond donors (Lipinski definition) is 4. The quantitative estimate of drug-likeness (QED) is 0.585. The highest BCUT2D eigenvalue weighted by molar-refractivity contribution is 5.73. The molecule has 1 aliphatic heterocycles. The summed E-state index contributed by atoms with van der Waals surface area (Å²) in [4.78, 5) is 11.3. The first-order valence-electron chi connectivity index (χ1n) is 7.61. The molecule has 0 radical (unpaired) electrons. The summed E-state index contributed by atoms with van der Waals surface area (Å²) >= 11 is 0. The van der Waals surface area contributed by atoms with Gasteiger partial charge in [-0.3, -0.25) is 4.79 Å². The molecule has 1 heterocycles. The van der Waals surface area contributed by atoms with Crippen LogP contribution < -0.4 is 10.1 Å². The molecule has 1 amide bonds. The van der Waals surface area contributed by atoms with Crippen molar-refractivity contribution in [1.82, 2.24) is 5.32 Å². The number of rotatable bonds is 5. The minimum absolute atomic E-state index is 0.386. The van der Waals surface area contributed by atoms with Crippen molar-refractivity contribution in [3.8, 4) is 5.75 Å². The predicted octanol–water partition coefficient (Wildman–Crippen LogP) is -0.429. The van der Waals surface area contributed by atoms with Crippen LogP contribution in [0.3, 0.4) is 0 Å². The number of nitrogens with one attached hydrogen (secondary N) is 1. The van der Waals surface area contributed by atoms with E-state index < -0.39 is 37.3 Å². The molecule has 0 unspecified atom stereocenters. The van der Waals surface area contributed by atoms with Crippen LogP contribution >= 0.6 is 0 Å². The number of hydrogen-bond acceptors (Lipinski definition) is 6. The lowest BCUT2D eigenvalue weighted by molar-refractivity contribution is -0.244. The minimum Gasteiger partial charge on any atom is -0.463 e. The van der Waals surface area contributed by atoms with Gasteiger partial charge in [-0.2, -0.15) is 0 Å². The molecular formula is C16H23NO6. The highest BCUT2D eigenvalue weighted by Crippen LogP contribution is 2.25. The first-order valence-corrected chi connectivity index (χ1v) is 7.61. The second-order valence-corrected chi connectivity index (χ2v) is 5.55. The summed E-state index contributed by atoms with van der Waals surface area (Å²) in [6.45, 7) is 2.84. The third-order valence-electron chi connectivity index (χ3n) is 3.81. The van der Waals surface area contributed by atoms with E-state index in [0.717, 1.165) is 12.0 Å². The molecule has 7 nitrogen and oxygen atoms in total. The summed E-state index contributed by atoms with van der Waals surface area (Å²) in [5, 5.41) is 31.9. The number of carbonyl (C=O) groups is 1. The van der Waals surface area contributed by atoms with E-state index >= 15 is 0 Å². The zero-order valence-corrected chi connectivity index (χ0v) is 13.2. The fourth-order valence-corrected chi connectivity index (χ4v) is 2.54. The maximum Gasteiger partial charge on any atom is 0.223 e. The molecule has 0 saturated carbocycles. The van der Waals surface area contributed by atoms with Gasteiger partial charge in [0.05, 0.1) is 6.61 Å². The molecule has 23 heavy (non-hydrogen) atoms. The Hall–Kier alpha value is -1.67. The zero-order chi connectivity index (χ0) is 17.0. The molecule has 0 bridgehead atoms. The number of benzene rings is 1. The first-order chi connectivity index (χ1) is 11.0. The van der Waals surface area contributed by atoms with Crippen molar-refractivity contribution < 1.29 is 29.6 Å². The van der Waals surface area contributed by atoms with Gasteiger partial charge in [0.25, 0.3) is 0 Å². The third-order valence-corrected chi connectivity index (χ3v) is 3.81. The van der Waals surface area contributed by atoms with Crippen LogP contribution in [-0.2, 0) is 16.0 Å². The zero-order valence-electron chi connectivity index (χ0n) is 13.2. The van der Waals surface area contributed by atoms with Gasteiger partial charge in [-0.25, -0.2) is 0 Å². The molecular weight excluding hydrogens is 302 g/mol. The van der Waals surface area contributed by atoms with Crippen molar-refractivity contribution in [2.24, 2.45) is 0 Å². The highest BCUT2D eigenvalue weighted by Gasteiger charge is 2.46. The van der Waals surface area contributed by atoms with E-state index in [1.165, 1.54) is 6.92 Å². The maximum absolute atomic E-state index is 11.3. The fraction of sp³-hybridized carbons (Fsp3) is 0.562. The van der Waals surface area contributed by atoms with Gasteiger partial charge in [0, 0.05) is 6.92 Å². The number of ether oxygens (including phenoxy) is 2. The predicted molar refractivity (Wildman–Crippen MR) is 81.8 cm³/mol. The van der Waals surface area contributed by atoms with E-state index in [1.807, 2.05) is 25.1 Å². The lowest BCUT2D eigenvalue weighted by Crippen LogP contribution is -2.65. The summed E-state index contributed by atoms with van der Waals surface area (Å²) in [6.07, 6.45) is -3.82. The summed E-state index contributed by atoms with van der Waals surface area (Å²) in [5.41, 5.74) is 1.06. The van der Waals surface area contributed by atoms with Crippen molar-refractivity contribution in [2.45, 2.75) is 50.9 Å². The van der Waals surface area contributed by atoms with Gasteiger partial charge in [-0.1, -0.05) is 19.1 Å². The molecule has 0 aromatic heterocycles. The molecule has 2 rings (SSSR count). The average Bonchev–Trinajstić information content (AvgIpc) is 2.54. The Morgan fingerprint density at radius 1 is 1.35 bits per heavy atom. The van der Waals surface area contributed by atoms with Gasteiger partial charge in [0.2, 0.25) is 12.2 Å². The van der Waals surface area contributed by atoms with Crippen LogP contribution in [0.5, 0.6) is 5.75 Å². The van der Waals surface area contributed by atoms with E-state index in [9.17, 15) is 20.1 Å². The molecule has 4 N–H and O–H groups in total. The number of aryl methyl sites for hydroxylation is 1. The van der Waals surface area contributed by atoms with E-state index in [2.05, 4.69) is 5.32 Å². The molecule has 0 aliphatic carbocycles. The lowest BCUT2D eigenvalue weighted by Gasteiger charge is -2.42. The Bertz CT molecular complexity index is 537. The minimum atomic E-state index is -1.32. The summed E-state index contributed by atoms with van der Waals surface area (Å²) < 4.78 is 11.3. The SMILES string of the molecule is CCc1cccc(O[C@@H]2O[C@H](CO)[C@H](O)[C@H](O)[C@@H]2NC(C)=O)c1. The number of aliphatic hydroxyl groups excluding tert-OH is 3. The largest absolute Gasteiger partial charge is 0.463 e. The molecule has 0 spiro atoms. The molecule has 1 aliphatic rings. The molecule has 1 aromatic carbocycles. The Morgan fingerprint density at radius 2 is 2.09 bits per heavy atom. The summed E-state index contributed by atoms with van der Waals surface area (Å²) in [6, 6.07) is 6.41. The van der Waals surface area contributed by atoms with Crippen LogP contribution in [0.2, 0.25) is 0 Å². The van der Waals surface area contributed by atoms with Gasteiger partial charge in [0.15, 0.2) is 0 Å². The van der Waals surface area contributed by atoms with E-state index in [-0.39, 0.29) is 5.91 Å². The van der Waals surface area contributed by atoms with Gasteiger partial charge in [-0.15, -0.1) is 0 Å². The van der Waals surface area contributed by atoms with Crippen molar-refractivity contribution in [1.29, 1.82) is 0 Å². The normalized spacial score (nSPS) is 30.7. The van der Waals surface area contributed by atoms with Crippen molar-refractivity contribution in [3.05, 3.63) is 29.8 Å². The summed E-state index contributed by atoms with van der Waals surface area (Å²) in [5.74, 6) is 0.133. The monoisotopic (exact) mass is 325 g/mol. The molecule has 1 fully saturated rings. The lowest BCUT2D eigenvalue weighted by atomic mass is 9.97. The molecule has 1 aromatic rings. The second kappa shape index (κ2) is 7.74.